The van der Waals surface area contributed by atoms with Crippen molar-refractivity contribution in [1.29, 1.82) is 0 Å². The molecule has 1 aliphatic rings. The first kappa shape index (κ1) is 16.2. The first-order valence-electron chi connectivity index (χ1n) is 7.34. The molecule has 0 spiro atoms. The molecule has 0 radical (unpaired) electrons. The van der Waals surface area contributed by atoms with Crippen LogP contribution in [-0.4, -0.2) is 36.4 Å². The Morgan fingerprint density at radius 3 is 2.63 bits per heavy atom. The third kappa shape index (κ3) is 7.33. The normalized spacial score (nSPS) is 18.6. The predicted octanol–water partition coefficient (Wildman–Crippen LogP) is 2.17. The molecule has 0 aliphatic heterocycles. The summed E-state index contributed by atoms with van der Waals surface area (Å²) in [7, 11) is 0. The number of aliphatic hydroxyl groups is 1. The molecule has 4 heteroatoms. The molecule has 0 heterocycles. The second-order valence-corrected chi connectivity index (χ2v) is 5.38. The van der Waals surface area contributed by atoms with Crippen LogP contribution >= 0.6 is 0 Å². The van der Waals surface area contributed by atoms with Gasteiger partial charge in [-0.3, -0.25) is 4.79 Å². The van der Waals surface area contributed by atoms with E-state index in [9.17, 15) is 9.90 Å². The Kier molecular flexibility index (Phi) is 7.75. The molecule has 1 rings (SSSR count). The molecule has 1 saturated carbocycles. The van der Waals surface area contributed by atoms with E-state index in [2.05, 4.69) is 11.9 Å². The molecule has 19 heavy (non-hydrogen) atoms. The zero-order valence-corrected chi connectivity index (χ0v) is 11.8. The monoisotopic (exact) mass is 269 g/mol. The van der Waals surface area contributed by atoms with Gasteiger partial charge in [0.15, 0.2) is 0 Å². The van der Waals surface area contributed by atoms with Gasteiger partial charge in [-0.15, -0.1) is 6.58 Å². The fraction of sp³-hybridized carbons (Fsp3) is 0.800. The molecule has 1 aliphatic carbocycles. The van der Waals surface area contributed by atoms with Crippen molar-refractivity contribution in [2.75, 3.05) is 19.8 Å². The Hall–Kier alpha value is -0.870. The van der Waals surface area contributed by atoms with Gasteiger partial charge in [0.25, 0.3) is 0 Å². The third-order valence-corrected chi connectivity index (χ3v) is 3.58. The first-order valence-corrected chi connectivity index (χ1v) is 7.34. The van der Waals surface area contributed by atoms with E-state index < -0.39 is 5.60 Å². The highest BCUT2D eigenvalue weighted by molar-refractivity contribution is 5.75. The van der Waals surface area contributed by atoms with Crippen molar-refractivity contribution in [1.82, 2.24) is 5.32 Å². The van der Waals surface area contributed by atoms with Gasteiger partial charge in [0.05, 0.1) is 12.2 Å². The van der Waals surface area contributed by atoms with E-state index in [0.29, 0.717) is 32.6 Å². The molecule has 110 valence electrons. The summed E-state index contributed by atoms with van der Waals surface area (Å²) in [6, 6.07) is 0. The van der Waals surface area contributed by atoms with Crippen LogP contribution in [0.25, 0.3) is 0 Å². The van der Waals surface area contributed by atoms with Crippen LogP contribution in [0.4, 0.5) is 0 Å². The number of amides is 1. The van der Waals surface area contributed by atoms with Crippen molar-refractivity contribution in [3.05, 3.63) is 12.7 Å². The van der Waals surface area contributed by atoms with Crippen LogP contribution in [0.3, 0.4) is 0 Å². The molecule has 0 aromatic heterocycles. The summed E-state index contributed by atoms with van der Waals surface area (Å²) < 4.78 is 5.22. The minimum Gasteiger partial charge on any atom is -0.388 e. The van der Waals surface area contributed by atoms with Gasteiger partial charge in [-0.25, -0.2) is 0 Å². The van der Waals surface area contributed by atoms with Gasteiger partial charge in [0.2, 0.25) is 5.91 Å². The second kappa shape index (κ2) is 9.10. The number of ether oxygens (including phenoxy) is 1. The molecule has 4 nitrogen and oxygen atoms in total. The van der Waals surface area contributed by atoms with E-state index in [1.807, 2.05) is 0 Å². The summed E-state index contributed by atoms with van der Waals surface area (Å²) in [6.07, 6.45) is 8.95. The molecular formula is C15H27NO3. The number of nitrogens with one attached hydrogen (secondary N) is 1. The van der Waals surface area contributed by atoms with Gasteiger partial charge >= 0.3 is 0 Å². The maximum atomic E-state index is 11.6. The molecule has 1 amide bonds. The van der Waals surface area contributed by atoms with Crippen LogP contribution in [-0.2, 0) is 9.53 Å². The van der Waals surface area contributed by atoms with Crippen molar-refractivity contribution in [3.8, 4) is 0 Å². The number of rotatable bonds is 8. The summed E-state index contributed by atoms with van der Waals surface area (Å²) in [6.45, 7) is 5.05. The van der Waals surface area contributed by atoms with E-state index in [1.54, 1.807) is 6.08 Å². The summed E-state index contributed by atoms with van der Waals surface area (Å²) >= 11 is 0. The van der Waals surface area contributed by atoms with Crippen molar-refractivity contribution in [2.45, 2.75) is 57.0 Å². The fourth-order valence-corrected chi connectivity index (χ4v) is 2.42. The maximum Gasteiger partial charge on any atom is 0.220 e. The van der Waals surface area contributed by atoms with Gasteiger partial charge in [-0.05, 0) is 19.3 Å². The Morgan fingerprint density at radius 2 is 2.00 bits per heavy atom. The zero-order chi connectivity index (χ0) is 14.0. The molecular weight excluding hydrogens is 242 g/mol. The van der Waals surface area contributed by atoms with Crippen molar-refractivity contribution in [3.63, 3.8) is 0 Å². The Morgan fingerprint density at radius 1 is 1.32 bits per heavy atom. The van der Waals surface area contributed by atoms with E-state index in [1.165, 1.54) is 12.8 Å². The van der Waals surface area contributed by atoms with Gasteiger partial charge in [0, 0.05) is 19.6 Å². The SMILES string of the molecule is C=CCOCCCC(=O)NCC1(O)CCCCCC1. The van der Waals surface area contributed by atoms with Crippen LogP contribution in [0.5, 0.6) is 0 Å². The van der Waals surface area contributed by atoms with Crippen molar-refractivity contribution >= 4 is 5.91 Å². The number of hydrogen-bond acceptors (Lipinski definition) is 3. The van der Waals surface area contributed by atoms with E-state index >= 15 is 0 Å². The Labute approximate surface area is 116 Å². The van der Waals surface area contributed by atoms with Gasteiger partial charge < -0.3 is 15.2 Å². The van der Waals surface area contributed by atoms with Crippen molar-refractivity contribution in [2.24, 2.45) is 0 Å². The van der Waals surface area contributed by atoms with E-state index in [4.69, 9.17) is 4.74 Å². The van der Waals surface area contributed by atoms with Crippen LogP contribution in [0.1, 0.15) is 51.4 Å². The minimum absolute atomic E-state index is 0.000116. The zero-order valence-electron chi connectivity index (χ0n) is 11.8. The fourth-order valence-electron chi connectivity index (χ4n) is 2.42. The first-order chi connectivity index (χ1) is 9.16. The van der Waals surface area contributed by atoms with Crippen molar-refractivity contribution < 1.29 is 14.6 Å². The molecule has 0 aromatic rings. The van der Waals surface area contributed by atoms with Gasteiger partial charge in [0.1, 0.15) is 0 Å². The maximum absolute atomic E-state index is 11.6. The molecule has 0 atom stereocenters. The summed E-state index contributed by atoms with van der Waals surface area (Å²) in [5.74, 6) is -0.000116. The predicted molar refractivity (Wildman–Crippen MR) is 75.9 cm³/mol. The van der Waals surface area contributed by atoms with Crippen LogP contribution in [0, 0.1) is 0 Å². The van der Waals surface area contributed by atoms with E-state index in [0.717, 1.165) is 25.7 Å². The van der Waals surface area contributed by atoms with E-state index in [-0.39, 0.29) is 5.91 Å². The smallest absolute Gasteiger partial charge is 0.220 e. The quantitative estimate of drug-likeness (QED) is 0.403. The molecule has 0 saturated heterocycles. The third-order valence-electron chi connectivity index (χ3n) is 3.58. The number of carbonyl (C=O) groups is 1. The lowest BCUT2D eigenvalue weighted by Gasteiger charge is -2.26. The molecule has 1 fully saturated rings. The Bertz CT molecular complexity index is 271. The summed E-state index contributed by atoms with van der Waals surface area (Å²) in [5, 5.41) is 13.2. The average molecular weight is 269 g/mol. The van der Waals surface area contributed by atoms with Gasteiger partial charge in [-0.2, -0.15) is 0 Å². The lowest BCUT2D eigenvalue weighted by atomic mass is 9.94. The van der Waals surface area contributed by atoms with Crippen LogP contribution in [0.2, 0.25) is 0 Å². The Balaban J connectivity index is 2.12. The van der Waals surface area contributed by atoms with Crippen LogP contribution < -0.4 is 5.32 Å². The molecule has 0 aromatic carbocycles. The standard InChI is InChI=1S/C15H27NO3/c1-2-11-19-12-7-8-14(17)16-13-15(18)9-5-3-4-6-10-15/h2,18H,1,3-13H2,(H,16,17). The number of hydrogen-bond donors (Lipinski definition) is 2. The second-order valence-electron chi connectivity index (χ2n) is 5.38. The molecule has 2 N–H and O–H groups in total. The highest BCUT2D eigenvalue weighted by Gasteiger charge is 2.28. The minimum atomic E-state index is -0.689. The number of carbonyl (C=O) groups excluding carboxylic acids is 1. The topological polar surface area (TPSA) is 58.6 Å². The molecule has 0 bridgehead atoms. The van der Waals surface area contributed by atoms with Gasteiger partial charge in [-0.1, -0.05) is 31.8 Å². The highest BCUT2D eigenvalue weighted by atomic mass is 16.5. The lowest BCUT2D eigenvalue weighted by molar-refractivity contribution is -0.122. The highest BCUT2D eigenvalue weighted by Crippen LogP contribution is 2.26. The largest absolute Gasteiger partial charge is 0.388 e. The summed E-state index contributed by atoms with van der Waals surface area (Å²) in [5.41, 5.74) is -0.689. The molecule has 0 unspecified atom stereocenters. The summed E-state index contributed by atoms with van der Waals surface area (Å²) in [4.78, 5) is 11.6. The lowest BCUT2D eigenvalue weighted by Crippen LogP contribution is -2.42. The average Bonchev–Trinajstić information content (AvgIpc) is 2.62. The van der Waals surface area contributed by atoms with Crippen LogP contribution in [0.15, 0.2) is 12.7 Å².